The van der Waals surface area contributed by atoms with Crippen LogP contribution >= 0.6 is 0 Å². The monoisotopic (exact) mass is 336 g/mol. The van der Waals surface area contributed by atoms with Gasteiger partial charge in [0, 0.05) is 17.7 Å². The van der Waals surface area contributed by atoms with Gasteiger partial charge in [0.15, 0.2) is 0 Å². The normalized spacial score (nSPS) is 16.5. The molecule has 1 aliphatic rings. The predicted molar refractivity (Wildman–Crippen MR) is 95.8 cm³/mol. The van der Waals surface area contributed by atoms with Crippen molar-refractivity contribution in [2.24, 2.45) is 4.99 Å². The van der Waals surface area contributed by atoms with E-state index in [9.17, 15) is 14.7 Å². The molecule has 0 saturated carbocycles. The largest absolute Gasteiger partial charge is 0.480 e. The van der Waals surface area contributed by atoms with E-state index in [2.05, 4.69) is 4.99 Å². The van der Waals surface area contributed by atoms with Gasteiger partial charge in [-0.1, -0.05) is 60.7 Å². The lowest BCUT2D eigenvalue weighted by atomic mass is 10.0. The van der Waals surface area contributed by atoms with Gasteiger partial charge in [-0.3, -0.25) is 9.79 Å². The molecule has 2 aromatic carbocycles. The molecule has 0 aliphatic carbocycles. The minimum absolute atomic E-state index is 0.0527. The topological polar surface area (TPSA) is 70.0 Å². The zero-order valence-corrected chi connectivity index (χ0v) is 13.8. The lowest BCUT2D eigenvalue weighted by Crippen LogP contribution is -2.41. The number of aliphatic imine (C=N–C) groups is 1. The summed E-state index contributed by atoms with van der Waals surface area (Å²) in [7, 11) is 0. The van der Waals surface area contributed by atoms with Gasteiger partial charge in [0.05, 0.1) is 5.71 Å². The molecule has 1 saturated heterocycles. The first-order chi connectivity index (χ1) is 12.2. The fourth-order valence-electron chi connectivity index (χ4n) is 3.10. The van der Waals surface area contributed by atoms with Gasteiger partial charge in [-0.25, -0.2) is 4.79 Å². The molecule has 0 aromatic heterocycles. The summed E-state index contributed by atoms with van der Waals surface area (Å²) in [4.78, 5) is 29.7. The molecular weight excluding hydrogens is 316 g/mol. The van der Waals surface area contributed by atoms with Crippen LogP contribution in [-0.4, -0.2) is 46.7 Å². The first-order valence-electron chi connectivity index (χ1n) is 8.34. The first kappa shape index (κ1) is 16.9. The summed E-state index contributed by atoms with van der Waals surface area (Å²) < 4.78 is 0. The van der Waals surface area contributed by atoms with Crippen LogP contribution in [0.25, 0.3) is 0 Å². The van der Waals surface area contributed by atoms with Crippen LogP contribution in [0.1, 0.15) is 24.0 Å². The van der Waals surface area contributed by atoms with E-state index in [0.29, 0.717) is 13.0 Å². The number of likely N-dealkylation sites (tertiary alicyclic amines) is 1. The van der Waals surface area contributed by atoms with Crippen molar-refractivity contribution in [1.29, 1.82) is 0 Å². The Morgan fingerprint density at radius 3 is 2.08 bits per heavy atom. The van der Waals surface area contributed by atoms with E-state index in [0.717, 1.165) is 23.3 Å². The number of rotatable bonds is 5. The highest BCUT2D eigenvalue weighted by Gasteiger charge is 2.33. The highest BCUT2D eigenvalue weighted by atomic mass is 16.4. The molecular formula is C20H20N2O3. The number of carbonyl (C=O) groups is 2. The highest BCUT2D eigenvalue weighted by molar-refractivity contribution is 6.13. The van der Waals surface area contributed by atoms with Crippen molar-refractivity contribution in [2.75, 3.05) is 13.1 Å². The summed E-state index contributed by atoms with van der Waals surface area (Å²) >= 11 is 0. The molecule has 1 heterocycles. The third-order valence-electron chi connectivity index (χ3n) is 4.33. The fourth-order valence-corrected chi connectivity index (χ4v) is 3.10. The molecule has 1 amide bonds. The smallest absolute Gasteiger partial charge is 0.326 e. The van der Waals surface area contributed by atoms with E-state index in [1.54, 1.807) is 0 Å². The number of carboxylic acid groups (broad SMARTS) is 1. The Morgan fingerprint density at radius 2 is 1.56 bits per heavy atom. The molecule has 1 aliphatic heterocycles. The second kappa shape index (κ2) is 7.75. The molecule has 1 N–H and O–H groups in total. The maximum absolute atomic E-state index is 12.5. The fraction of sp³-hybridized carbons (Fsp3) is 0.250. The molecule has 5 nitrogen and oxygen atoms in total. The minimum Gasteiger partial charge on any atom is -0.480 e. The SMILES string of the molecule is O=C(O)[C@@H]1CCCN1C(=O)CN=C(c1ccccc1)c1ccccc1. The van der Waals surface area contributed by atoms with Crippen LogP contribution < -0.4 is 0 Å². The molecule has 0 unspecified atom stereocenters. The maximum atomic E-state index is 12.5. The van der Waals surface area contributed by atoms with Gasteiger partial charge in [0.2, 0.25) is 5.91 Å². The molecule has 0 bridgehead atoms. The van der Waals surface area contributed by atoms with Gasteiger partial charge < -0.3 is 10.0 Å². The van der Waals surface area contributed by atoms with Crippen molar-refractivity contribution in [2.45, 2.75) is 18.9 Å². The minimum atomic E-state index is -0.943. The molecule has 25 heavy (non-hydrogen) atoms. The standard InChI is InChI=1S/C20H20N2O3/c23-18(22-13-7-12-17(22)20(24)25)14-21-19(15-8-3-1-4-9-15)16-10-5-2-6-11-16/h1-6,8-11,17H,7,12-14H2,(H,24,25)/t17-/m0/s1. The Kier molecular flexibility index (Phi) is 5.23. The van der Waals surface area contributed by atoms with E-state index in [1.165, 1.54) is 4.90 Å². The zero-order chi connectivity index (χ0) is 17.6. The van der Waals surface area contributed by atoms with Crippen molar-refractivity contribution < 1.29 is 14.7 Å². The van der Waals surface area contributed by atoms with Crippen molar-refractivity contribution >= 4 is 17.6 Å². The molecule has 0 spiro atoms. The van der Waals surface area contributed by atoms with Crippen LogP contribution in [0.2, 0.25) is 0 Å². The van der Waals surface area contributed by atoms with E-state index in [4.69, 9.17) is 0 Å². The third kappa shape index (κ3) is 3.94. The Hall–Kier alpha value is -2.95. The lowest BCUT2D eigenvalue weighted by molar-refractivity contribution is -0.147. The van der Waals surface area contributed by atoms with Gasteiger partial charge >= 0.3 is 5.97 Å². The third-order valence-corrected chi connectivity index (χ3v) is 4.33. The molecule has 2 aromatic rings. The van der Waals surface area contributed by atoms with Gasteiger partial charge in [-0.2, -0.15) is 0 Å². The average Bonchev–Trinajstić information content (AvgIpc) is 3.14. The van der Waals surface area contributed by atoms with Gasteiger partial charge in [0.1, 0.15) is 12.6 Å². The Labute approximate surface area is 146 Å². The van der Waals surface area contributed by atoms with Crippen LogP contribution in [0.4, 0.5) is 0 Å². The molecule has 128 valence electrons. The van der Waals surface area contributed by atoms with E-state index >= 15 is 0 Å². The number of hydrogen-bond donors (Lipinski definition) is 1. The van der Waals surface area contributed by atoms with E-state index in [1.807, 2.05) is 60.7 Å². The van der Waals surface area contributed by atoms with Crippen LogP contribution in [0, 0.1) is 0 Å². The predicted octanol–water partition coefficient (Wildman–Crippen LogP) is 2.60. The van der Waals surface area contributed by atoms with E-state index < -0.39 is 12.0 Å². The number of carboxylic acids is 1. The summed E-state index contributed by atoms with van der Waals surface area (Å²) in [6.45, 7) is 0.431. The molecule has 3 rings (SSSR count). The van der Waals surface area contributed by atoms with Gasteiger partial charge in [0.25, 0.3) is 0 Å². The maximum Gasteiger partial charge on any atom is 0.326 e. The van der Waals surface area contributed by atoms with Gasteiger partial charge in [-0.05, 0) is 12.8 Å². The molecule has 5 heteroatoms. The number of benzene rings is 2. The number of carbonyl (C=O) groups excluding carboxylic acids is 1. The highest BCUT2D eigenvalue weighted by Crippen LogP contribution is 2.18. The summed E-state index contributed by atoms with van der Waals surface area (Å²) in [6.07, 6.45) is 1.23. The Morgan fingerprint density at radius 1 is 1.00 bits per heavy atom. The zero-order valence-electron chi connectivity index (χ0n) is 13.8. The Bertz CT molecular complexity index is 731. The van der Waals surface area contributed by atoms with Crippen molar-refractivity contribution in [1.82, 2.24) is 4.90 Å². The number of amides is 1. The summed E-state index contributed by atoms with van der Waals surface area (Å²) in [6, 6.07) is 18.6. The second-order valence-corrected chi connectivity index (χ2v) is 5.98. The van der Waals surface area contributed by atoms with Crippen LogP contribution in [0.5, 0.6) is 0 Å². The summed E-state index contributed by atoms with van der Waals surface area (Å²) in [5.41, 5.74) is 2.59. The Balaban J connectivity index is 1.84. The lowest BCUT2D eigenvalue weighted by Gasteiger charge is -2.20. The molecule has 1 fully saturated rings. The van der Waals surface area contributed by atoms with Gasteiger partial charge in [-0.15, -0.1) is 0 Å². The second-order valence-electron chi connectivity index (χ2n) is 5.98. The van der Waals surface area contributed by atoms with E-state index in [-0.39, 0.29) is 12.5 Å². The van der Waals surface area contributed by atoms with Crippen molar-refractivity contribution in [3.05, 3.63) is 71.8 Å². The number of hydrogen-bond acceptors (Lipinski definition) is 3. The summed E-state index contributed by atoms with van der Waals surface area (Å²) in [5.74, 6) is -1.18. The van der Waals surface area contributed by atoms with Crippen LogP contribution in [0.3, 0.4) is 0 Å². The van der Waals surface area contributed by atoms with Crippen molar-refractivity contribution in [3.63, 3.8) is 0 Å². The van der Waals surface area contributed by atoms with Crippen LogP contribution in [0.15, 0.2) is 65.7 Å². The molecule has 0 radical (unpaired) electrons. The molecule has 1 atom stereocenters. The first-order valence-corrected chi connectivity index (χ1v) is 8.34. The number of aliphatic carboxylic acids is 1. The summed E-state index contributed by atoms with van der Waals surface area (Å²) in [5, 5.41) is 9.24. The number of nitrogens with zero attached hydrogens (tertiary/aromatic N) is 2. The van der Waals surface area contributed by atoms with Crippen LogP contribution in [-0.2, 0) is 9.59 Å². The quantitative estimate of drug-likeness (QED) is 0.853. The average molecular weight is 336 g/mol. The van der Waals surface area contributed by atoms with Crippen molar-refractivity contribution in [3.8, 4) is 0 Å².